The molecule has 2 aromatic rings. The summed E-state index contributed by atoms with van der Waals surface area (Å²) >= 11 is 4.93. The van der Waals surface area contributed by atoms with Gasteiger partial charge in [-0.05, 0) is 39.8 Å². The lowest BCUT2D eigenvalue weighted by Gasteiger charge is -2.08. The highest BCUT2D eigenvalue weighted by molar-refractivity contribution is 9.10. The largest absolute Gasteiger partial charge is 0.384 e. The van der Waals surface area contributed by atoms with Gasteiger partial charge in [0.15, 0.2) is 0 Å². The molecule has 0 unspecified atom stereocenters. The lowest BCUT2D eigenvalue weighted by molar-refractivity contribution is 0.756. The van der Waals surface area contributed by atoms with Crippen molar-refractivity contribution in [3.63, 3.8) is 0 Å². The van der Waals surface area contributed by atoms with E-state index in [1.54, 1.807) is 12.3 Å². The molecule has 0 saturated heterocycles. The van der Waals surface area contributed by atoms with Crippen LogP contribution in [0.5, 0.6) is 0 Å². The Morgan fingerprint density at radius 1 is 1.33 bits per heavy atom. The van der Waals surface area contributed by atoms with E-state index in [9.17, 15) is 0 Å². The third kappa shape index (κ3) is 3.20. The molecule has 94 valence electrons. The van der Waals surface area contributed by atoms with E-state index in [0.717, 1.165) is 20.3 Å². The number of anilines is 1. The molecule has 0 amide bonds. The van der Waals surface area contributed by atoms with E-state index in [1.165, 1.54) is 11.8 Å². The van der Waals surface area contributed by atoms with Crippen molar-refractivity contribution in [1.29, 1.82) is 0 Å². The number of rotatable bonds is 3. The van der Waals surface area contributed by atoms with Crippen molar-refractivity contribution in [3.8, 4) is 0 Å². The Labute approximate surface area is 119 Å². The normalized spacial score (nSPS) is 10.9. The fourth-order valence-corrected chi connectivity index (χ4v) is 2.61. The smallest absolute Gasteiger partial charge is 0.134 e. The zero-order chi connectivity index (χ0) is 13.1. The predicted octanol–water partition coefficient (Wildman–Crippen LogP) is 3.49. The number of pyridine rings is 1. The van der Waals surface area contributed by atoms with Gasteiger partial charge in [0.25, 0.3) is 0 Å². The third-order valence-electron chi connectivity index (χ3n) is 2.18. The Morgan fingerprint density at radius 3 is 2.78 bits per heavy atom. The number of nitrogens with two attached hydrogens (primary N) is 1. The van der Waals surface area contributed by atoms with Crippen LogP contribution in [0.4, 0.5) is 5.82 Å². The number of halogens is 1. The zero-order valence-electron chi connectivity index (χ0n) is 10.1. The average Bonchev–Trinajstić information content (AvgIpc) is 2.31. The van der Waals surface area contributed by atoms with Gasteiger partial charge in [0.05, 0.1) is 4.47 Å². The van der Waals surface area contributed by atoms with Crippen LogP contribution in [0.2, 0.25) is 0 Å². The van der Waals surface area contributed by atoms with Crippen LogP contribution in [0.25, 0.3) is 0 Å². The second-order valence-corrected chi connectivity index (χ2v) is 5.90. The van der Waals surface area contributed by atoms with Crippen molar-refractivity contribution < 1.29 is 0 Å². The SMILES string of the molecule is CC(C)c1nc(N)cc(Sc2ncccc2Br)n1. The Bertz CT molecular complexity index is 560. The molecular formula is C12H13BrN4S. The van der Waals surface area contributed by atoms with Gasteiger partial charge in [-0.2, -0.15) is 0 Å². The maximum absolute atomic E-state index is 5.79. The molecule has 2 rings (SSSR count). The molecule has 0 aliphatic carbocycles. The van der Waals surface area contributed by atoms with Gasteiger partial charge >= 0.3 is 0 Å². The van der Waals surface area contributed by atoms with E-state index in [2.05, 4.69) is 30.9 Å². The molecule has 6 heteroatoms. The highest BCUT2D eigenvalue weighted by Gasteiger charge is 2.09. The number of hydrogen-bond acceptors (Lipinski definition) is 5. The van der Waals surface area contributed by atoms with Crippen molar-refractivity contribution >= 4 is 33.5 Å². The van der Waals surface area contributed by atoms with Crippen LogP contribution in [0.3, 0.4) is 0 Å². The quantitative estimate of drug-likeness (QED) is 0.875. The van der Waals surface area contributed by atoms with Gasteiger partial charge < -0.3 is 5.73 Å². The Morgan fingerprint density at radius 2 is 2.11 bits per heavy atom. The highest BCUT2D eigenvalue weighted by Crippen LogP contribution is 2.31. The number of nitrogen functional groups attached to an aromatic ring is 1. The summed E-state index contributed by atoms with van der Waals surface area (Å²) in [5.74, 6) is 1.49. The average molecular weight is 325 g/mol. The molecule has 2 heterocycles. The molecule has 0 aliphatic heterocycles. The molecule has 0 aliphatic rings. The molecule has 0 spiro atoms. The maximum atomic E-state index is 5.79. The minimum atomic E-state index is 0.250. The van der Waals surface area contributed by atoms with E-state index in [1.807, 2.05) is 26.0 Å². The van der Waals surface area contributed by atoms with Crippen LogP contribution >= 0.6 is 27.7 Å². The van der Waals surface area contributed by atoms with Crippen molar-refractivity contribution in [3.05, 3.63) is 34.7 Å². The van der Waals surface area contributed by atoms with E-state index in [0.29, 0.717) is 5.82 Å². The summed E-state index contributed by atoms with van der Waals surface area (Å²) in [4.78, 5) is 13.0. The van der Waals surface area contributed by atoms with Crippen molar-refractivity contribution in [1.82, 2.24) is 15.0 Å². The van der Waals surface area contributed by atoms with Gasteiger partial charge in [-0.3, -0.25) is 0 Å². The zero-order valence-corrected chi connectivity index (χ0v) is 12.5. The van der Waals surface area contributed by atoms with Crippen LogP contribution in [-0.2, 0) is 0 Å². The van der Waals surface area contributed by atoms with Gasteiger partial charge in [0.1, 0.15) is 21.7 Å². The summed E-state index contributed by atoms with van der Waals surface area (Å²) in [7, 11) is 0. The summed E-state index contributed by atoms with van der Waals surface area (Å²) in [6.07, 6.45) is 1.75. The molecule has 0 fully saturated rings. The fourth-order valence-electron chi connectivity index (χ4n) is 1.32. The molecular weight excluding hydrogens is 312 g/mol. The van der Waals surface area contributed by atoms with E-state index in [4.69, 9.17) is 5.73 Å². The second-order valence-electron chi connectivity index (χ2n) is 4.04. The van der Waals surface area contributed by atoms with Crippen LogP contribution in [0, 0.1) is 0 Å². The van der Waals surface area contributed by atoms with E-state index < -0.39 is 0 Å². The molecule has 0 aromatic carbocycles. The summed E-state index contributed by atoms with van der Waals surface area (Å²) in [6.45, 7) is 4.08. The van der Waals surface area contributed by atoms with Crippen LogP contribution < -0.4 is 5.73 Å². The van der Waals surface area contributed by atoms with E-state index >= 15 is 0 Å². The molecule has 0 bridgehead atoms. The molecule has 4 nitrogen and oxygen atoms in total. The lowest BCUT2D eigenvalue weighted by atomic mass is 10.2. The fraction of sp³-hybridized carbons (Fsp3) is 0.250. The van der Waals surface area contributed by atoms with Crippen LogP contribution in [-0.4, -0.2) is 15.0 Å². The minimum absolute atomic E-state index is 0.250. The van der Waals surface area contributed by atoms with E-state index in [-0.39, 0.29) is 5.92 Å². The minimum Gasteiger partial charge on any atom is -0.384 e. The molecule has 2 aromatic heterocycles. The molecule has 18 heavy (non-hydrogen) atoms. The Hall–Kier alpha value is -1.14. The van der Waals surface area contributed by atoms with Crippen molar-refractivity contribution in [2.75, 3.05) is 5.73 Å². The first kappa shape index (κ1) is 13.3. The first-order valence-electron chi connectivity index (χ1n) is 5.49. The lowest BCUT2D eigenvalue weighted by Crippen LogP contribution is -2.02. The first-order chi connectivity index (χ1) is 8.56. The van der Waals surface area contributed by atoms with Gasteiger partial charge in [-0.1, -0.05) is 13.8 Å². The van der Waals surface area contributed by atoms with Gasteiger partial charge in [0, 0.05) is 18.2 Å². The summed E-state index contributed by atoms with van der Waals surface area (Å²) in [5, 5.41) is 1.68. The molecule has 0 saturated carbocycles. The Kier molecular flexibility index (Phi) is 4.19. The summed E-state index contributed by atoms with van der Waals surface area (Å²) in [5.41, 5.74) is 5.79. The van der Waals surface area contributed by atoms with Gasteiger partial charge in [0.2, 0.25) is 0 Å². The van der Waals surface area contributed by atoms with Gasteiger partial charge in [-0.15, -0.1) is 0 Å². The number of aromatic nitrogens is 3. The van der Waals surface area contributed by atoms with Crippen LogP contribution in [0.1, 0.15) is 25.6 Å². The molecule has 0 radical (unpaired) electrons. The topological polar surface area (TPSA) is 64.7 Å². The number of hydrogen-bond donors (Lipinski definition) is 1. The summed E-state index contributed by atoms with van der Waals surface area (Å²) < 4.78 is 0.943. The van der Waals surface area contributed by atoms with Crippen molar-refractivity contribution in [2.24, 2.45) is 0 Å². The highest BCUT2D eigenvalue weighted by atomic mass is 79.9. The molecule has 2 N–H and O–H groups in total. The van der Waals surface area contributed by atoms with Crippen molar-refractivity contribution in [2.45, 2.75) is 29.8 Å². The Balaban J connectivity index is 2.32. The second kappa shape index (κ2) is 5.67. The maximum Gasteiger partial charge on any atom is 0.134 e. The standard InChI is InChI=1S/C12H13BrN4S/c1-7(2)11-16-9(14)6-10(17-11)18-12-8(13)4-3-5-15-12/h3-7H,1-2H3,(H2,14,16,17). The third-order valence-corrected chi connectivity index (χ3v) is 4.02. The predicted molar refractivity (Wildman–Crippen MR) is 76.6 cm³/mol. The summed E-state index contributed by atoms with van der Waals surface area (Å²) in [6, 6.07) is 5.59. The monoisotopic (exact) mass is 324 g/mol. The van der Waals surface area contributed by atoms with Gasteiger partial charge in [-0.25, -0.2) is 15.0 Å². The number of nitrogens with zero attached hydrogens (tertiary/aromatic N) is 3. The van der Waals surface area contributed by atoms with Crippen LogP contribution in [0.15, 0.2) is 38.9 Å². The first-order valence-corrected chi connectivity index (χ1v) is 7.10. The molecule has 0 atom stereocenters.